The van der Waals surface area contributed by atoms with Gasteiger partial charge in [0.1, 0.15) is 0 Å². The minimum Gasteiger partial charge on any atom is -0.502 e. The van der Waals surface area contributed by atoms with Crippen molar-refractivity contribution >= 4 is 29.2 Å². The number of hydrogen-bond acceptors (Lipinski definition) is 5. The minimum absolute atomic E-state index is 0.211. The number of nitrogens with zero attached hydrogens (tertiary/aromatic N) is 2. The third-order valence-electron chi connectivity index (χ3n) is 5.47. The quantitative estimate of drug-likeness (QED) is 0.192. The molecule has 0 saturated heterocycles. The van der Waals surface area contributed by atoms with Gasteiger partial charge in [0.15, 0.2) is 0 Å². The number of aliphatic imine (C=N–C) groups is 1. The molecule has 0 heterocycles. The molecule has 0 bridgehead atoms. The van der Waals surface area contributed by atoms with E-state index in [1.54, 1.807) is 48.5 Å². The number of phenols is 1. The lowest BCUT2D eigenvalue weighted by molar-refractivity contribution is -0.385. The molecular weight excluding hydrogens is 442 g/mol. The van der Waals surface area contributed by atoms with Crippen molar-refractivity contribution in [3.05, 3.63) is 129 Å². The van der Waals surface area contributed by atoms with Crippen molar-refractivity contribution < 1.29 is 14.8 Å². The van der Waals surface area contributed by atoms with Gasteiger partial charge in [0, 0.05) is 29.1 Å². The van der Waals surface area contributed by atoms with Crippen molar-refractivity contribution in [1.82, 2.24) is 0 Å². The summed E-state index contributed by atoms with van der Waals surface area (Å²) in [7, 11) is 0. The van der Waals surface area contributed by atoms with Crippen LogP contribution < -0.4 is 5.32 Å². The zero-order chi connectivity index (χ0) is 24.8. The third kappa shape index (κ3) is 5.78. The van der Waals surface area contributed by atoms with Gasteiger partial charge >= 0.3 is 5.69 Å². The molecule has 0 aliphatic rings. The Hall–Kier alpha value is -4.78. The smallest absolute Gasteiger partial charge is 0.311 e. The highest BCUT2D eigenvalue weighted by Gasteiger charge is 2.18. The third-order valence-corrected chi connectivity index (χ3v) is 5.47. The van der Waals surface area contributed by atoms with Crippen molar-refractivity contribution in [2.45, 2.75) is 13.3 Å². The first kappa shape index (κ1) is 23.4. The summed E-state index contributed by atoms with van der Waals surface area (Å²) in [6, 6.07) is 26.8. The molecule has 0 radical (unpaired) electrons. The van der Waals surface area contributed by atoms with E-state index in [0.29, 0.717) is 28.9 Å². The second-order valence-electron chi connectivity index (χ2n) is 8.05. The Kier molecular flexibility index (Phi) is 6.97. The van der Waals surface area contributed by atoms with Gasteiger partial charge in [-0.05, 0) is 66.4 Å². The number of carbonyl (C=O) groups excluding carboxylic acids is 1. The van der Waals surface area contributed by atoms with Crippen molar-refractivity contribution in [2.75, 3.05) is 5.32 Å². The van der Waals surface area contributed by atoms with Crippen molar-refractivity contribution in [1.29, 1.82) is 0 Å². The van der Waals surface area contributed by atoms with Crippen LogP contribution in [0.25, 0.3) is 0 Å². The Morgan fingerprint density at radius 3 is 2.31 bits per heavy atom. The number of hydrogen-bond donors (Lipinski definition) is 2. The van der Waals surface area contributed by atoms with Gasteiger partial charge in [-0.15, -0.1) is 0 Å². The number of phenolic OH excluding ortho intramolecular Hbond substituents is 1. The summed E-state index contributed by atoms with van der Waals surface area (Å²) in [4.78, 5) is 27.7. The Labute approximate surface area is 202 Å². The molecule has 2 N–H and O–H groups in total. The number of amides is 1. The van der Waals surface area contributed by atoms with Gasteiger partial charge < -0.3 is 10.4 Å². The van der Waals surface area contributed by atoms with Gasteiger partial charge in [-0.3, -0.25) is 19.9 Å². The lowest BCUT2D eigenvalue weighted by Gasteiger charge is -2.09. The van der Waals surface area contributed by atoms with Crippen LogP contribution in [0, 0.1) is 17.0 Å². The summed E-state index contributed by atoms with van der Waals surface area (Å²) < 4.78 is 0. The maximum absolute atomic E-state index is 12.4. The van der Waals surface area contributed by atoms with E-state index in [1.807, 2.05) is 43.3 Å². The average molecular weight is 466 g/mol. The van der Waals surface area contributed by atoms with Gasteiger partial charge in [-0.1, -0.05) is 48.5 Å². The van der Waals surface area contributed by atoms with Crippen LogP contribution in [-0.4, -0.2) is 22.2 Å². The second kappa shape index (κ2) is 10.4. The standard InChI is InChI=1S/C28H23N3O4/c1-19-14-24(12-13-25(19)30-28(33)22-10-6-3-7-11-22)29-18-23-16-21(15-20-8-4-2-5-9-20)17-26(27(23)32)31(34)35/h2-14,16-18,32H,15H2,1H3,(H,30,33). The first-order valence-corrected chi connectivity index (χ1v) is 11.0. The lowest BCUT2D eigenvalue weighted by atomic mass is 10.0. The van der Waals surface area contributed by atoms with Crippen molar-refractivity contribution in [3.8, 4) is 5.75 Å². The zero-order valence-electron chi connectivity index (χ0n) is 19.0. The Balaban J connectivity index is 1.57. The molecule has 0 aliphatic carbocycles. The minimum atomic E-state index is -0.602. The van der Waals surface area contributed by atoms with E-state index in [4.69, 9.17) is 0 Å². The molecule has 174 valence electrons. The number of benzene rings is 4. The SMILES string of the molecule is Cc1cc(N=Cc2cc(Cc3ccccc3)cc([N+](=O)[O-])c2O)ccc1NC(=O)c1ccccc1. The summed E-state index contributed by atoms with van der Waals surface area (Å²) in [5, 5.41) is 24.8. The van der Waals surface area contributed by atoms with Crippen LogP contribution in [0.3, 0.4) is 0 Å². The fraction of sp³-hybridized carbons (Fsp3) is 0.0714. The van der Waals surface area contributed by atoms with Crippen LogP contribution in [0.4, 0.5) is 17.1 Å². The summed E-state index contributed by atoms with van der Waals surface area (Å²) in [5.74, 6) is -0.642. The summed E-state index contributed by atoms with van der Waals surface area (Å²) in [6.07, 6.45) is 1.89. The van der Waals surface area contributed by atoms with Crippen molar-refractivity contribution in [2.24, 2.45) is 4.99 Å². The van der Waals surface area contributed by atoms with Gasteiger partial charge in [0.2, 0.25) is 5.75 Å². The van der Waals surface area contributed by atoms with Crippen LogP contribution in [-0.2, 0) is 6.42 Å². The molecule has 0 fully saturated rings. The predicted octanol–water partition coefficient (Wildman–Crippen LogP) is 6.20. The van der Waals surface area contributed by atoms with Gasteiger partial charge in [-0.2, -0.15) is 0 Å². The largest absolute Gasteiger partial charge is 0.502 e. The number of aryl methyl sites for hydroxylation is 1. The van der Waals surface area contributed by atoms with Crippen LogP contribution in [0.2, 0.25) is 0 Å². The number of rotatable bonds is 7. The summed E-state index contributed by atoms with van der Waals surface area (Å²) in [5.41, 5.74) is 4.17. The van der Waals surface area contributed by atoms with Crippen molar-refractivity contribution in [3.63, 3.8) is 0 Å². The molecule has 0 spiro atoms. The van der Waals surface area contributed by atoms with E-state index < -0.39 is 10.7 Å². The topological polar surface area (TPSA) is 105 Å². The van der Waals surface area contributed by atoms with Crippen LogP contribution in [0.1, 0.15) is 32.6 Å². The van der Waals surface area contributed by atoms with Crippen LogP contribution in [0.5, 0.6) is 5.75 Å². The van der Waals surface area contributed by atoms with Crippen LogP contribution >= 0.6 is 0 Å². The Morgan fingerprint density at radius 2 is 1.66 bits per heavy atom. The number of nitro benzene ring substituents is 1. The van der Waals surface area contributed by atoms with Gasteiger partial charge in [0.05, 0.1) is 10.6 Å². The van der Waals surface area contributed by atoms with Gasteiger partial charge in [0.25, 0.3) is 5.91 Å². The molecule has 35 heavy (non-hydrogen) atoms. The maximum Gasteiger partial charge on any atom is 0.311 e. The number of anilines is 1. The Morgan fingerprint density at radius 1 is 0.971 bits per heavy atom. The fourth-order valence-corrected chi connectivity index (χ4v) is 3.67. The molecule has 0 saturated carbocycles. The molecule has 0 unspecified atom stereocenters. The molecule has 0 atom stereocenters. The molecule has 4 rings (SSSR count). The molecular formula is C28H23N3O4. The van der Waals surface area contributed by atoms with E-state index in [2.05, 4.69) is 10.3 Å². The lowest BCUT2D eigenvalue weighted by Crippen LogP contribution is -2.12. The van der Waals surface area contributed by atoms with E-state index >= 15 is 0 Å². The van der Waals surface area contributed by atoms with E-state index in [1.165, 1.54) is 12.3 Å². The average Bonchev–Trinajstić information content (AvgIpc) is 2.86. The molecule has 1 amide bonds. The number of carbonyl (C=O) groups is 1. The highest BCUT2D eigenvalue weighted by Crippen LogP contribution is 2.32. The van der Waals surface area contributed by atoms with E-state index in [-0.39, 0.29) is 17.2 Å². The number of nitro groups is 1. The summed E-state index contributed by atoms with van der Waals surface area (Å²) >= 11 is 0. The molecule has 0 aromatic heterocycles. The first-order chi connectivity index (χ1) is 16.9. The normalized spacial score (nSPS) is 10.9. The van der Waals surface area contributed by atoms with Crippen LogP contribution in [0.15, 0.2) is 96.0 Å². The summed E-state index contributed by atoms with van der Waals surface area (Å²) in [6.45, 7) is 1.85. The molecule has 0 aliphatic heterocycles. The number of aromatic hydroxyl groups is 1. The Bertz CT molecular complexity index is 1400. The maximum atomic E-state index is 12.4. The van der Waals surface area contributed by atoms with Gasteiger partial charge in [-0.25, -0.2) is 0 Å². The molecule has 4 aromatic carbocycles. The molecule has 4 aromatic rings. The highest BCUT2D eigenvalue weighted by atomic mass is 16.6. The first-order valence-electron chi connectivity index (χ1n) is 11.0. The fourth-order valence-electron chi connectivity index (χ4n) is 3.67. The molecule has 7 nitrogen and oxygen atoms in total. The second-order valence-corrected chi connectivity index (χ2v) is 8.05. The van der Waals surface area contributed by atoms with E-state index in [0.717, 1.165) is 11.1 Å². The molecule has 7 heteroatoms. The monoisotopic (exact) mass is 465 g/mol. The number of nitrogens with one attached hydrogen (secondary N) is 1. The predicted molar refractivity (Wildman–Crippen MR) is 137 cm³/mol. The zero-order valence-corrected chi connectivity index (χ0v) is 19.0. The highest BCUT2D eigenvalue weighted by molar-refractivity contribution is 6.04. The van der Waals surface area contributed by atoms with E-state index in [9.17, 15) is 20.0 Å².